The van der Waals surface area contributed by atoms with E-state index in [1.165, 1.54) is 24.3 Å². The van der Waals surface area contributed by atoms with Gasteiger partial charge in [-0.25, -0.2) is 4.39 Å². The molecular weight excluding hydrogens is 261 g/mol. The number of nitrogens with two attached hydrogens (primary N) is 1. The molecule has 0 saturated carbocycles. The molecule has 2 N–H and O–H groups in total. The number of hydrogen-bond donors (Lipinski definition) is 1. The minimum atomic E-state index is -0.355. The fourth-order valence-corrected chi connectivity index (χ4v) is 2.37. The Kier molecular flexibility index (Phi) is 3.23. The standard InChI is InChI=1S/C14H14FN3O2/c15-10-3-1-9(2-4-10)14(19)18-6-5-13-11(8-18)12(7-16)17-20-13/h1-4H,5-8,16H2. The van der Waals surface area contributed by atoms with Crippen LogP contribution in [0.4, 0.5) is 4.39 Å². The number of rotatable bonds is 2. The molecule has 1 aliphatic heterocycles. The maximum absolute atomic E-state index is 12.9. The summed E-state index contributed by atoms with van der Waals surface area (Å²) >= 11 is 0. The number of halogens is 1. The fraction of sp³-hybridized carbons (Fsp3) is 0.286. The Bertz CT molecular complexity index is 623. The van der Waals surface area contributed by atoms with Crippen LogP contribution in [-0.2, 0) is 19.5 Å². The van der Waals surface area contributed by atoms with E-state index in [0.717, 1.165) is 11.3 Å². The van der Waals surface area contributed by atoms with Crippen molar-refractivity contribution in [1.29, 1.82) is 0 Å². The summed E-state index contributed by atoms with van der Waals surface area (Å²) in [5.74, 6) is 0.320. The number of nitrogens with zero attached hydrogens (tertiary/aromatic N) is 2. The number of fused-ring (bicyclic) bond motifs is 1. The number of amides is 1. The van der Waals surface area contributed by atoms with Crippen LogP contribution < -0.4 is 5.73 Å². The summed E-state index contributed by atoms with van der Waals surface area (Å²) in [6.45, 7) is 1.28. The van der Waals surface area contributed by atoms with Crippen LogP contribution in [0.5, 0.6) is 0 Å². The second-order valence-electron chi connectivity index (χ2n) is 4.72. The quantitative estimate of drug-likeness (QED) is 0.900. The largest absolute Gasteiger partial charge is 0.361 e. The van der Waals surface area contributed by atoms with E-state index < -0.39 is 0 Å². The van der Waals surface area contributed by atoms with E-state index in [4.69, 9.17) is 10.3 Å². The van der Waals surface area contributed by atoms with Gasteiger partial charge in [0.1, 0.15) is 17.3 Å². The minimum absolute atomic E-state index is 0.125. The number of aromatic nitrogens is 1. The molecule has 2 heterocycles. The molecule has 0 unspecified atom stereocenters. The van der Waals surface area contributed by atoms with Gasteiger partial charge >= 0.3 is 0 Å². The van der Waals surface area contributed by atoms with Gasteiger partial charge in [-0.2, -0.15) is 0 Å². The van der Waals surface area contributed by atoms with E-state index >= 15 is 0 Å². The van der Waals surface area contributed by atoms with Crippen molar-refractivity contribution in [1.82, 2.24) is 10.1 Å². The van der Waals surface area contributed by atoms with E-state index in [2.05, 4.69) is 5.16 Å². The smallest absolute Gasteiger partial charge is 0.254 e. The third-order valence-electron chi connectivity index (χ3n) is 3.48. The summed E-state index contributed by atoms with van der Waals surface area (Å²) < 4.78 is 18.1. The van der Waals surface area contributed by atoms with Crippen LogP contribution in [0.1, 0.15) is 27.4 Å². The minimum Gasteiger partial charge on any atom is -0.361 e. The first-order chi connectivity index (χ1) is 9.69. The van der Waals surface area contributed by atoms with E-state index in [-0.39, 0.29) is 18.3 Å². The Balaban J connectivity index is 1.82. The van der Waals surface area contributed by atoms with Crippen LogP contribution in [0.15, 0.2) is 28.8 Å². The zero-order valence-electron chi connectivity index (χ0n) is 10.8. The van der Waals surface area contributed by atoms with Gasteiger partial charge in [0.05, 0.1) is 6.54 Å². The number of benzene rings is 1. The van der Waals surface area contributed by atoms with Crippen LogP contribution in [0, 0.1) is 5.82 Å². The van der Waals surface area contributed by atoms with Gasteiger partial charge in [0, 0.05) is 30.6 Å². The predicted octanol–water partition coefficient (Wildman–Crippen LogP) is 1.47. The van der Waals surface area contributed by atoms with Gasteiger partial charge in [-0.05, 0) is 24.3 Å². The highest BCUT2D eigenvalue weighted by Crippen LogP contribution is 2.23. The van der Waals surface area contributed by atoms with E-state index in [1.54, 1.807) is 4.90 Å². The summed E-state index contributed by atoms with van der Waals surface area (Å²) in [6, 6.07) is 5.55. The monoisotopic (exact) mass is 275 g/mol. The first-order valence-electron chi connectivity index (χ1n) is 6.40. The Hall–Kier alpha value is -2.21. The van der Waals surface area contributed by atoms with Gasteiger partial charge in [-0.15, -0.1) is 0 Å². The fourth-order valence-electron chi connectivity index (χ4n) is 2.37. The zero-order chi connectivity index (χ0) is 14.1. The predicted molar refractivity (Wildman–Crippen MR) is 69.2 cm³/mol. The van der Waals surface area contributed by atoms with Crippen LogP contribution >= 0.6 is 0 Å². The summed E-state index contributed by atoms with van der Waals surface area (Å²) in [5.41, 5.74) is 7.66. The lowest BCUT2D eigenvalue weighted by molar-refractivity contribution is 0.0728. The Morgan fingerprint density at radius 3 is 2.85 bits per heavy atom. The van der Waals surface area contributed by atoms with Gasteiger partial charge in [-0.1, -0.05) is 5.16 Å². The Labute approximate surface area is 115 Å². The van der Waals surface area contributed by atoms with Crippen LogP contribution in [0.3, 0.4) is 0 Å². The van der Waals surface area contributed by atoms with Crippen molar-refractivity contribution < 1.29 is 13.7 Å². The second kappa shape index (κ2) is 5.05. The summed E-state index contributed by atoms with van der Waals surface area (Å²) in [7, 11) is 0. The average molecular weight is 275 g/mol. The van der Waals surface area contributed by atoms with Gasteiger partial charge in [0.15, 0.2) is 0 Å². The zero-order valence-corrected chi connectivity index (χ0v) is 10.8. The molecule has 6 heteroatoms. The maximum atomic E-state index is 12.9. The van der Waals surface area contributed by atoms with Crippen LogP contribution in [0.25, 0.3) is 0 Å². The normalized spacial score (nSPS) is 14.2. The Morgan fingerprint density at radius 2 is 2.15 bits per heavy atom. The van der Waals surface area contributed by atoms with Crippen LogP contribution in [0.2, 0.25) is 0 Å². The molecule has 0 spiro atoms. The average Bonchev–Trinajstić information content (AvgIpc) is 2.89. The summed E-state index contributed by atoms with van der Waals surface area (Å²) in [6.07, 6.45) is 0.620. The lowest BCUT2D eigenvalue weighted by Gasteiger charge is -2.26. The first kappa shape index (κ1) is 12.8. The van der Waals surface area contributed by atoms with Crippen molar-refractivity contribution in [3.63, 3.8) is 0 Å². The molecule has 1 aromatic carbocycles. The molecule has 0 saturated heterocycles. The molecule has 104 valence electrons. The Morgan fingerprint density at radius 1 is 1.40 bits per heavy atom. The van der Waals surface area contributed by atoms with Gasteiger partial charge in [0.25, 0.3) is 5.91 Å². The highest BCUT2D eigenvalue weighted by Gasteiger charge is 2.26. The summed E-state index contributed by atoms with van der Waals surface area (Å²) in [4.78, 5) is 14.1. The molecule has 1 aromatic heterocycles. The highest BCUT2D eigenvalue weighted by atomic mass is 19.1. The number of hydrogen-bond acceptors (Lipinski definition) is 4. The van der Waals surface area contributed by atoms with Crippen molar-refractivity contribution in [3.8, 4) is 0 Å². The van der Waals surface area contributed by atoms with Crippen LogP contribution in [-0.4, -0.2) is 22.5 Å². The van der Waals surface area contributed by atoms with Gasteiger partial charge in [0.2, 0.25) is 0 Å². The molecule has 1 amide bonds. The first-order valence-corrected chi connectivity index (χ1v) is 6.40. The molecule has 2 aromatic rings. The van der Waals surface area contributed by atoms with Crippen molar-refractivity contribution in [2.45, 2.75) is 19.5 Å². The molecule has 0 radical (unpaired) electrons. The van der Waals surface area contributed by atoms with E-state index in [0.29, 0.717) is 30.8 Å². The van der Waals surface area contributed by atoms with Gasteiger partial charge < -0.3 is 15.2 Å². The molecule has 20 heavy (non-hydrogen) atoms. The third-order valence-corrected chi connectivity index (χ3v) is 3.48. The molecular formula is C14H14FN3O2. The lowest BCUT2D eigenvalue weighted by Crippen LogP contribution is -2.36. The van der Waals surface area contributed by atoms with E-state index in [9.17, 15) is 9.18 Å². The van der Waals surface area contributed by atoms with E-state index in [1.807, 2.05) is 0 Å². The van der Waals surface area contributed by atoms with Crippen molar-refractivity contribution in [3.05, 3.63) is 52.7 Å². The molecule has 5 nitrogen and oxygen atoms in total. The highest BCUT2D eigenvalue weighted by molar-refractivity contribution is 5.94. The molecule has 0 bridgehead atoms. The number of carbonyl (C=O) groups excluding carboxylic acids is 1. The number of carbonyl (C=O) groups is 1. The lowest BCUT2D eigenvalue weighted by atomic mass is 10.0. The second-order valence-corrected chi connectivity index (χ2v) is 4.72. The molecule has 3 rings (SSSR count). The molecule has 0 atom stereocenters. The summed E-state index contributed by atoms with van der Waals surface area (Å²) in [5, 5.41) is 3.91. The van der Waals surface area contributed by atoms with Crippen molar-refractivity contribution in [2.24, 2.45) is 5.73 Å². The molecule has 0 aliphatic carbocycles. The maximum Gasteiger partial charge on any atom is 0.254 e. The van der Waals surface area contributed by atoms with Gasteiger partial charge in [-0.3, -0.25) is 4.79 Å². The topological polar surface area (TPSA) is 72.4 Å². The van der Waals surface area contributed by atoms with Crippen molar-refractivity contribution >= 4 is 5.91 Å². The molecule has 0 fully saturated rings. The van der Waals surface area contributed by atoms with Crippen molar-refractivity contribution in [2.75, 3.05) is 6.54 Å². The third kappa shape index (κ3) is 2.18. The molecule has 1 aliphatic rings. The SMILES string of the molecule is NCc1noc2c1CN(C(=O)c1ccc(F)cc1)CC2.